The highest BCUT2D eigenvalue weighted by atomic mass is 16.1. The zero-order chi connectivity index (χ0) is 15.9. The normalized spacial score (nSPS) is 10.3. The summed E-state index contributed by atoms with van der Waals surface area (Å²) in [4.78, 5) is 28.2. The Morgan fingerprint density at radius 1 is 1.13 bits per heavy atom. The lowest BCUT2D eigenvalue weighted by Crippen LogP contribution is -2.29. The first kappa shape index (κ1) is 14.6. The average Bonchev–Trinajstić information content (AvgIpc) is 3.14. The molecule has 0 saturated heterocycles. The highest BCUT2D eigenvalue weighted by Gasteiger charge is 2.07. The third kappa shape index (κ3) is 3.84. The van der Waals surface area contributed by atoms with Gasteiger partial charge in [0.1, 0.15) is 12.7 Å². The fraction of sp³-hybridized carbons (Fsp3) is 0.143. The summed E-state index contributed by atoms with van der Waals surface area (Å²) in [6.45, 7) is 0.967. The molecule has 0 atom stereocenters. The van der Waals surface area contributed by atoms with Gasteiger partial charge < -0.3 is 10.6 Å². The molecule has 0 aromatic carbocycles. The van der Waals surface area contributed by atoms with Crippen LogP contribution >= 0.6 is 0 Å². The summed E-state index contributed by atoms with van der Waals surface area (Å²) in [5.74, 6) is 0.870. The van der Waals surface area contributed by atoms with Gasteiger partial charge in [0.15, 0.2) is 5.82 Å². The van der Waals surface area contributed by atoms with Gasteiger partial charge >= 0.3 is 0 Å². The molecule has 116 valence electrons. The van der Waals surface area contributed by atoms with Crippen LogP contribution in [0.1, 0.15) is 10.4 Å². The molecule has 9 heteroatoms. The van der Waals surface area contributed by atoms with E-state index in [1.165, 1.54) is 17.3 Å². The van der Waals surface area contributed by atoms with Crippen molar-refractivity contribution in [1.82, 2.24) is 35.0 Å². The lowest BCUT2D eigenvalue weighted by atomic mass is 10.2. The minimum absolute atomic E-state index is 0.190. The van der Waals surface area contributed by atoms with Gasteiger partial charge in [-0.25, -0.2) is 24.6 Å². The first-order valence-corrected chi connectivity index (χ1v) is 6.93. The minimum atomic E-state index is -0.190. The molecule has 3 heterocycles. The van der Waals surface area contributed by atoms with Gasteiger partial charge in [-0.3, -0.25) is 4.79 Å². The number of carbonyl (C=O) groups excluding carboxylic acids is 1. The Hall–Kier alpha value is -3.36. The number of nitrogens with one attached hydrogen (secondary N) is 2. The van der Waals surface area contributed by atoms with Crippen molar-refractivity contribution in [3.63, 3.8) is 0 Å². The number of amides is 1. The van der Waals surface area contributed by atoms with E-state index in [0.717, 1.165) is 0 Å². The van der Waals surface area contributed by atoms with Crippen molar-refractivity contribution in [2.45, 2.75) is 0 Å². The number of nitrogens with zero attached hydrogens (tertiary/aromatic N) is 6. The highest BCUT2D eigenvalue weighted by Crippen LogP contribution is 2.05. The van der Waals surface area contributed by atoms with Gasteiger partial charge in [-0.1, -0.05) is 0 Å². The van der Waals surface area contributed by atoms with Crippen LogP contribution in [0.15, 0.2) is 49.4 Å². The molecule has 1 amide bonds. The van der Waals surface area contributed by atoms with E-state index in [9.17, 15) is 4.79 Å². The van der Waals surface area contributed by atoms with Crippen LogP contribution in [0, 0.1) is 0 Å². The van der Waals surface area contributed by atoms with E-state index in [1.807, 2.05) is 0 Å². The minimum Gasteiger partial charge on any atom is -0.352 e. The largest absolute Gasteiger partial charge is 0.352 e. The zero-order valence-corrected chi connectivity index (χ0v) is 12.1. The van der Waals surface area contributed by atoms with Crippen LogP contribution < -0.4 is 10.6 Å². The van der Waals surface area contributed by atoms with E-state index in [4.69, 9.17) is 0 Å². The molecule has 0 bridgehead atoms. The molecule has 0 spiro atoms. The van der Waals surface area contributed by atoms with Crippen LogP contribution in [0.5, 0.6) is 0 Å². The standard InChI is InChI=1S/C14H14N8O/c23-13(17-6-7-20-14-18-3-1-4-19-14)11-2-5-16-12(8-11)22-10-15-9-21-22/h1-5,8-10H,6-7H2,(H,17,23)(H,18,19,20). The summed E-state index contributed by atoms with van der Waals surface area (Å²) in [5.41, 5.74) is 0.501. The van der Waals surface area contributed by atoms with Gasteiger partial charge in [-0.05, 0) is 18.2 Å². The lowest BCUT2D eigenvalue weighted by Gasteiger charge is -2.07. The van der Waals surface area contributed by atoms with Crippen molar-refractivity contribution in [1.29, 1.82) is 0 Å². The lowest BCUT2D eigenvalue weighted by molar-refractivity contribution is 0.0955. The molecule has 0 radical (unpaired) electrons. The molecule has 23 heavy (non-hydrogen) atoms. The summed E-state index contributed by atoms with van der Waals surface area (Å²) >= 11 is 0. The van der Waals surface area contributed by atoms with Crippen LogP contribution in [-0.2, 0) is 0 Å². The number of hydrogen-bond donors (Lipinski definition) is 2. The highest BCUT2D eigenvalue weighted by molar-refractivity contribution is 5.94. The monoisotopic (exact) mass is 310 g/mol. The number of carbonyl (C=O) groups is 1. The zero-order valence-electron chi connectivity index (χ0n) is 12.1. The molecule has 0 aliphatic carbocycles. The summed E-state index contributed by atoms with van der Waals surface area (Å²) in [7, 11) is 0. The van der Waals surface area contributed by atoms with Crippen molar-refractivity contribution < 1.29 is 4.79 Å². The van der Waals surface area contributed by atoms with E-state index in [1.54, 1.807) is 36.8 Å². The predicted octanol–water partition coefficient (Wildman–Crippen LogP) is 0.294. The second-order valence-electron chi connectivity index (χ2n) is 4.50. The Morgan fingerprint density at radius 2 is 2.00 bits per heavy atom. The molecule has 3 rings (SSSR count). The SMILES string of the molecule is O=C(NCCNc1ncccn1)c1ccnc(-n2cncn2)c1. The van der Waals surface area contributed by atoms with Crippen molar-refractivity contribution in [3.05, 3.63) is 55.0 Å². The number of hydrogen-bond acceptors (Lipinski definition) is 7. The summed E-state index contributed by atoms with van der Waals surface area (Å²) < 4.78 is 1.49. The summed E-state index contributed by atoms with van der Waals surface area (Å²) in [5, 5.41) is 9.81. The first-order chi connectivity index (χ1) is 11.3. The van der Waals surface area contributed by atoms with Gasteiger partial charge in [0.05, 0.1) is 0 Å². The van der Waals surface area contributed by atoms with E-state index in [2.05, 4.69) is 35.7 Å². The quantitative estimate of drug-likeness (QED) is 0.630. The fourth-order valence-electron chi connectivity index (χ4n) is 1.85. The molecule has 2 N–H and O–H groups in total. The molecule has 0 saturated carbocycles. The number of rotatable bonds is 6. The molecular formula is C14H14N8O. The predicted molar refractivity (Wildman–Crippen MR) is 82.0 cm³/mol. The number of pyridine rings is 1. The summed E-state index contributed by atoms with van der Waals surface area (Å²) in [6, 6.07) is 5.03. The Labute approximate surface area is 131 Å². The molecule has 0 aliphatic rings. The maximum atomic E-state index is 12.1. The topological polar surface area (TPSA) is 111 Å². The van der Waals surface area contributed by atoms with Crippen molar-refractivity contribution >= 4 is 11.9 Å². The van der Waals surface area contributed by atoms with Gasteiger partial charge in [0.2, 0.25) is 5.95 Å². The Bertz CT molecular complexity index is 759. The van der Waals surface area contributed by atoms with Crippen LogP contribution in [0.3, 0.4) is 0 Å². The van der Waals surface area contributed by atoms with Crippen molar-refractivity contribution in [2.24, 2.45) is 0 Å². The van der Waals surface area contributed by atoms with E-state index in [-0.39, 0.29) is 5.91 Å². The van der Waals surface area contributed by atoms with E-state index >= 15 is 0 Å². The third-order valence-corrected chi connectivity index (χ3v) is 2.92. The molecule has 9 nitrogen and oxygen atoms in total. The molecule has 3 aromatic heterocycles. The van der Waals surface area contributed by atoms with Crippen LogP contribution in [0.4, 0.5) is 5.95 Å². The molecule has 0 fully saturated rings. The van der Waals surface area contributed by atoms with Gasteiger partial charge in [0.25, 0.3) is 5.91 Å². The maximum Gasteiger partial charge on any atom is 0.251 e. The Morgan fingerprint density at radius 3 is 2.78 bits per heavy atom. The smallest absolute Gasteiger partial charge is 0.251 e. The van der Waals surface area contributed by atoms with Crippen molar-refractivity contribution in [2.75, 3.05) is 18.4 Å². The van der Waals surface area contributed by atoms with Gasteiger partial charge in [-0.15, -0.1) is 0 Å². The van der Waals surface area contributed by atoms with Crippen molar-refractivity contribution in [3.8, 4) is 5.82 Å². The summed E-state index contributed by atoms with van der Waals surface area (Å²) in [6.07, 6.45) is 7.79. The van der Waals surface area contributed by atoms with Crippen LogP contribution in [0.25, 0.3) is 5.82 Å². The first-order valence-electron chi connectivity index (χ1n) is 6.93. The average molecular weight is 310 g/mol. The second kappa shape index (κ2) is 7.07. The molecule has 0 unspecified atom stereocenters. The Balaban J connectivity index is 1.53. The second-order valence-corrected chi connectivity index (χ2v) is 4.50. The Kier molecular flexibility index (Phi) is 4.48. The van der Waals surface area contributed by atoms with E-state index < -0.39 is 0 Å². The molecule has 3 aromatic rings. The maximum absolute atomic E-state index is 12.1. The molecule has 0 aliphatic heterocycles. The number of aromatic nitrogens is 6. The van der Waals surface area contributed by atoms with E-state index in [0.29, 0.717) is 30.4 Å². The van der Waals surface area contributed by atoms with Gasteiger partial charge in [0, 0.05) is 37.2 Å². The van der Waals surface area contributed by atoms with Gasteiger partial charge in [-0.2, -0.15) is 5.10 Å². The third-order valence-electron chi connectivity index (χ3n) is 2.92. The molecular weight excluding hydrogens is 296 g/mol. The van der Waals surface area contributed by atoms with Crippen LogP contribution in [0.2, 0.25) is 0 Å². The fourth-order valence-corrected chi connectivity index (χ4v) is 1.85. The number of anilines is 1. The van der Waals surface area contributed by atoms with Crippen LogP contribution in [-0.4, -0.2) is 48.7 Å².